The number of carbonyl (C=O) groups is 1. The van der Waals surface area contributed by atoms with E-state index in [0.717, 1.165) is 0 Å². The van der Waals surface area contributed by atoms with E-state index in [-0.39, 0.29) is 24.8 Å². The lowest BCUT2D eigenvalue weighted by atomic mass is 10.2. The average molecular weight is 275 g/mol. The van der Waals surface area contributed by atoms with Gasteiger partial charge in [0.2, 0.25) is 0 Å². The summed E-state index contributed by atoms with van der Waals surface area (Å²) >= 11 is 0. The first kappa shape index (κ1) is 20.7. The molecule has 0 fully saturated rings. The molecule has 0 aromatic carbocycles. The summed E-state index contributed by atoms with van der Waals surface area (Å²) in [7, 11) is 3.59. The quantitative estimate of drug-likeness (QED) is 0.369. The number of aliphatic carboxylic acids is 1. The van der Waals surface area contributed by atoms with Gasteiger partial charge in [0.05, 0.1) is 0 Å². The van der Waals surface area contributed by atoms with Crippen molar-refractivity contribution in [2.45, 2.75) is 18.9 Å². The summed E-state index contributed by atoms with van der Waals surface area (Å²) in [5.74, 6) is -0.538. The molecule has 0 aliphatic rings. The zero-order chi connectivity index (χ0) is 11.1. The summed E-state index contributed by atoms with van der Waals surface area (Å²) in [5.41, 5.74) is 10.8. The van der Waals surface area contributed by atoms with Crippen LogP contribution in [0.25, 0.3) is 0 Å². The summed E-state index contributed by atoms with van der Waals surface area (Å²) in [4.78, 5) is 16.1. The molecule has 0 saturated heterocycles. The minimum absolute atomic E-state index is 0. The van der Waals surface area contributed by atoms with E-state index in [1.165, 1.54) is 0 Å². The van der Waals surface area contributed by atoms with E-state index in [1.54, 1.807) is 19.0 Å². The van der Waals surface area contributed by atoms with Crippen LogP contribution in [0.1, 0.15) is 12.8 Å². The maximum absolute atomic E-state index is 10.3. The van der Waals surface area contributed by atoms with Gasteiger partial charge >= 0.3 is 5.97 Å². The van der Waals surface area contributed by atoms with Crippen molar-refractivity contribution in [3.8, 4) is 0 Å². The molecule has 5 N–H and O–H groups in total. The maximum atomic E-state index is 10.3. The molecule has 0 spiro atoms. The molecule has 6 nitrogen and oxygen atoms in total. The highest BCUT2D eigenvalue weighted by Gasteiger charge is 2.09. The smallest absolute Gasteiger partial charge is 0.320 e. The van der Waals surface area contributed by atoms with Gasteiger partial charge in [0, 0.05) is 20.6 Å². The van der Waals surface area contributed by atoms with E-state index in [9.17, 15) is 4.79 Å². The van der Waals surface area contributed by atoms with Crippen LogP contribution in [-0.2, 0) is 4.79 Å². The van der Waals surface area contributed by atoms with Crippen LogP contribution in [-0.4, -0.2) is 48.6 Å². The zero-order valence-electron chi connectivity index (χ0n) is 9.42. The summed E-state index contributed by atoms with van der Waals surface area (Å²) in [6.45, 7) is 0.505. The Morgan fingerprint density at radius 2 is 1.94 bits per heavy atom. The Morgan fingerprint density at radius 1 is 1.44 bits per heavy atom. The van der Waals surface area contributed by atoms with Crippen LogP contribution < -0.4 is 11.5 Å². The highest BCUT2D eigenvalue weighted by Crippen LogP contribution is 1.95. The minimum atomic E-state index is -0.977. The van der Waals surface area contributed by atoms with Gasteiger partial charge in [-0.25, -0.2) is 0 Å². The highest BCUT2D eigenvalue weighted by atomic mass is 35.5. The monoisotopic (exact) mass is 274 g/mol. The van der Waals surface area contributed by atoms with E-state index in [1.807, 2.05) is 0 Å². The fraction of sp³-hybridized carbons (Fsp3) is 0.750. The van der Waals surface area contributed by atoms with Gasteiger partial charge in [-0.1, -0.05) is 0 Å². The predicted octanol–water partition coefficient (Wildman–Crippen LogP) is -0.102. The van der Waals surface area contributed by atoms with Crippen molar-refractivity contribution in [1.82, 2.24) is 4.90 Å². The van der Waals surface area contributed by atoms with Crippen molar-refractivity contribution >= 4 is 36.7 Å². The molecular formula is C8H20Cl2N4O2. The fourth-order valence-corrected chi connectivity index (χ4v) is 0.770. The van der Waals surface area contributed by atoms with Gasteiger partial charge in [-0.2, -0.15) is 0 Å². The van der Waals surface area contributed by atoms with Gasteiger partial charge in [-0.05, 0) is 12.8 Å². The second-order valence-corrected chi connectivity index (χ2v) is 3.22. The molecule has 0 aliphatic carbocycles. The standard InChI is InChI=1S/C8H18N4O2.2ClH/c1-12(2)8(10)11-5-3-4-6(9)7(13)14;;/h6H,3-5,9H2,1-2H3,(H2,10,11)(H,13,14);2*1H/t6-;;/m0../s1. The molecule has 0 amide bonds. The zero-order valence-corrected chi connectivity index (χ0v) is 11.1. The van der Waals surface area contributed by atoms with E-state index in [4.69, 9.17) is 16.6 Å². The molecule has 8 heteroatoms. The van der Waals surface area contributed by atoms with Crippen LogP contribution >= 0.6 is 24.8 Å². The number of nitrogens with two attached hydrogens (primary N) is 2. The van der Waals surface area contributed by atoms with Crippen molar-refractivity contribution in [2.24, 2.45) is 16.5 Å². The molecule has 0 aromatic rings. The Labute approximate surface area is 108 Å². The Hall–Kier alpha value is -0.720. The third-order valence-electron chi connectivity index (χ3n) is 1.72. The van der Waals surface area contributed by atoms with Crippen LogP contribution in [0.5, 0.6) is 0 Å². The van der Waals surface area contributed by atoms with Crippen LogP contribution in [0.15, 0.2) is 4.99 Å². The number of nitrogens with zero attached hydrogens (tertiary/aromatic N) is 2. The van der Waals surface area contributed by atoms with E-state index in [2.05, 4.69) is 4.99 Å². The van der Waals surface area contributed by atoms with Crippen LogP contribution in [0.2, 0.25) is 0 Å². The SMILES string of the molecule is CN(C)C(N)=NCCC[C@H](N)C(=O)O.Cl.Cl. The van der Waals surface area contributed by atoms with Crippen molar-refractivity contribution in [3.05, 3.63) is 0 Å². The number of hydrogen-bond acceptors (Lipinski definition) is 3. The Kier molecular flexibility index (Phi) is 13.9. The molecule has 0 aromatic heterocycles. The van der Waals surface area contributed by atoms with Gasteiger partial charge in [0.1, 0.15) is 6.04 Å². The topological polar surface area (TPSA) is 105 Å². The number of rotatable bonds is 5. The lowest BCUT2D eigenvalue weighted by molar-refractivity contribution is -0.138. The fourth-order valence-electron chi connectivity index (χ4n) is 0.770. The molecule has 16 heavy (non-hydrogen) atoms. The number of carboxylic acid groups (broad SMARTS) is 1. The second kappa shape index (κ2) is 10.8. The lowest BCUT2D eigenvalue weighted by Gasteiger charge is -2.10. The van der Waals surface area contributed by atoms with Crippen molar-refractivity contribution in [2.75, 3.05) is 20.6 Å². The molecule has 0 radical (unpaired) electrons. The summed E-state index contributed by atoms with van der Waals surface area (Å²) in [5, 5.41) is 8.48. The van der Waals surface area contributed by atoms with E-state index in [0.29, 0.717) is 25.3 Å². The number of halogens is 2. The van der Waals surface area contributed by atoms with Crippen molar-refractivity contribution in [1.29, 1.82) is 0 Å². The van der Waals surface area contributed by atoms with Crippen molar-refractivity contribution in [3.63, 3.8) is 0 Å². The van der Waals surface area contributed by atoms with Gasteiger partial charge in [-0.15, -0.1) is 24.8 Å². The second-order valence-electron chi connectivity index (χ2n) is 3.22. The molecule has 1 atom stereocenters. The average Bonchev–Trinajstić information content (AvgIpc) is 2.11. The minimum Gasteiger partial charge on any atom is -0.480 e. The van der Waals surface area contributed by atoms with Crippen LogP contribution in [0, 0.1) is 0 Å². The molecule has 0 heterocycles. The number of aliphatic imine (C=N–C) groups is 1. The molecule has 98 valence electrons. The third kappa shape index (κ3) is 9.82. The maximum Gasteiger partial charge on any atom is 0.320 e. The van der Waals surface area contributed by atoms with Crippen LogP contribution in [0.3, 0.4) is 0 Å². The summed E-state index contributed by atoms with van der Waals surface area (Å²) in [6, 6.07) is -0.800. The predicted molar refractivity (Wildman–Crippen MR) is 69.5 cm³/mol. The highest BCUT2D eigenvalue weighted by molar-refractivity contribution is 5.85. The number of hydrogen-bond donors (Lipinski definition) is 3. The molecule has 0 saturated carbocycles. The first-order valence-corrected chi connectivity index (χ1v) is 4.40. The Bertz CT molecular complexity index is 224. The summed E-state index contributed by atoms with van der Waals surface area (Å²) in [6.07, 6.45) is 1.04. The number of guanidine groups is 1. The number of carboxylic acids is 1. The first-order valence-electron chi connectivity index (χ1n) is 4.40. The molecule has 0 aliphatic heterocycles. The molecule has 0 bridgehead atoms. The van der Waals surface area contributed by atoms with Crippen LogP contribution in [0.4, 0.5) is 0 Å². The van der Waals surface area contributed by atoms with E-state index >= 15 is 0 Å². The lowest BCUT2D eigenvalue weighted by Crippen LogP contribution is -2.31. The molecular weight excluding hydrogens is 255 g/mol. The van der Waals surface area contributed by atoms with Gasteiger partial charge in [0.15, 0.2) is 5.96 Å². The Morgan fingerprint density at radius 3 is 2.31 bits per heavy atom. The normalized spacial score (nSPS) is 12.1. The van der Waals surface area contributed by atoms with Crippen molar-refractivity contribution < 1.29 is 9.90 Å². The molecule has 0 rings (SSSR count). The summed E-state index contributed by atoms with van der Waals surface area (Å²) < 4.78 is 0. The molecule has 0 unspecified atom stereocenters. The van der Waals surface area contributed by atoms with Gasteiger partial charge in [-0.3, -0.25) is 9.79 Å². The van der Waals surface area contributed by atoms with E-state index < -0.39 is 12.0 Å². The van der Waals surface area contributed by atoms with Gasteiger partial charge in [0.25, 0.3) is 0 Å². The largest absolute Gasteiger partial charge is 0.480 e. The van der Waals surface area contributed by atoms with Gasteiger partial charge < -0.3 is 21.5 Å². The third-order valence-corrected chi connectivity index (χ3v) is 1.72. The first-order chi connectivity index (χ1) is 6.45. The Balaban J connectivity index is -0.000000845.